The fourth-order valence-electron chi connectivity index (χ4n) is 8.37. The average molecular weight is 721 g/mol. The molecule has 0 saturated heterocycles. The smallest absolute Gasteiger partial charge is 0.160 e. The Hall–Kier alpha value is -7.44. The van der Waals surface area contributed by atoms with Crippen LogP contribution in [0.2, 0.25) is 0 Å². The van der Waals surface area contributed by atoms with Gasteiger partial charge in [0.2, 0.25) is 0 Å². The van der Waals surface area contributed by atoms with Gasteiger partial charge in [-0.15, -0.1) is 0 Å². The van der Waals surface area contributed by atoms with Crippen molar-refractivity contribution in [1.29, 1.82) is 0 Å². The first kappa shape index (κ1) is 32.0. The van der Waals surface area contributed by atoms with E-state index >= 15 is 0 Å². The van der Waals surface area contributed by atoms with Crippen molar-refractivity contribution >= 4 is 55.3 Å². The number of dihydropyridines is 1. The van der Waals surface area contributed by atoms with Crippen LogP contribution < -0.4 is 10.6 Å². The Bertz CT molecular complexity index is 3110. The molecule has 11 rings (SSSR count). The molecule has 7 aromatic carbocycles. The Morgan fingerprint density at radius 2 is 1.09 bits per heavy atom. The number of rotatable bonds is 6. The van der Waals surface area contributed by atoms with Gasteiger partial charge in [0.15, 0.2) is 5.84 Å². The molecule has 0 fully saturated rings. The molecule has 6 heteroatoms. The Balaban J connectivity index is 1.02. The predicted molar refractivity (Wildman–Crippen MR) is 232 cm³/mol. The van der Waals surface area contributed by atoms with E-state index in [9.17, 15) is 0 Å². The first-order valence-corrected chi connectivity index (χ1v) is 19.1. The molecule has 56 heavy (non-hydrogen) atoms. The maximum atomic E-state index is 5.09. The molecule has 0 spiro atoms. The lowest BCUT2D eigenvalue weighted by Gasteiger charge is -2.24. The monoisotopic (exact) mass is 720 g/mol. The molecule has 2 N–H and O–H groups in total. The quantitative estimate of drug-likeness (QED) is 0.180. The number of amidine groups is 2. The fourth-order valence-corrected chi connectivity index (χ4v) is 8.37. The van der Waals surface area contributed by atoms with E-state index in [0.717, 1.165) is 51.5 Å². The maximum absolute atomic E-state index is 5.09. The van der Waals surface area contributed by atoms with E-state index in [-0.39, 0.29) is 6.17 Å². The molecular weight excluding hydrogens is 685 g/mol. The van der Waals surface area contributed by atoms with Gasteiger partial charge in [-0.05, 0) is 77.4 Å². The summed E-state index contributed by atoms with van der Waals surface area (Å²) in [5.74, 6) is 1.49. The van der Waals surface area contributed by atoms with Gasteiger partial charge < -0.3 is 19.8 Å². The van der Waals surface area contributed by atoms with Crippen molar-refractivity contribution in [3.05, 3.63) is 205 Å². The average Bonchev–Trinajstić information content (AvgIpc) is 3.79. The van der Waals surface area contributed by atoms with Gasteiger partial charge in [-0.3, -0.25) is 0 Å². The topological polar surface area (TPSA) is 58.6 Å². The zero-order valence-electron chi connectivity index (χ0n) is 30.5. The molecule has 9 aromatic rings. The van der Waals surface area contributed by atoms with E-state index in [0.29, 0.717) is 5.84 Å². The number of para-hydroxylation sites is 3. The summed E-state index contributed by atoms with van der Waals surface area (Å²) in [6.07, 6.45) is 5.92. The van der Waals surface area contributed by atoms with Gasteiger partial charge in [0.1, 0.15) is 12.0 Å². The maximum Gasteiger partial charge on any atom is 0.160 e. The van der Waals surface area contributed by atoms with Gasteiger partial charge in [-0.1, -0.05) is 121 Å². The van der Waals surface area contributed by atoms with Crippen LogP contribution in [0.5, 0.6) is 0 Å². The second-order valence-electron chi connectivity index (χ2n) is 14.3. The second kappa shape index (κ2) is 13.1. The number of hydrogen-bond donors (Lipinski definition) is 2. The molecule has 1 unspecified atom stereocenters. The standard InChI is InChI=1S/C50H36N6/c1-3-13-33(14-4-1)48-52-49(54-50(53-48)37-16-12-28-51-32-37)36-15-11-19-39(29-36)56-45-23-10-8-21-41(45)43-31-35(25-27-47(43)56)34-24-26-46-42(30-34)40-20-7-9-22-44(40)55(46)38-17-5-2-6-18-38/h1-27,29-32,48,51H,28H2,(H,52,53,54). The van der Waals surface area contributed by atoms with Crippen LogP contribution in [0.4, 0.5) is 0 Å². The first-order chi connectivity index (χ1) is 27.8. The van der Waals surface area contributed by atoms with Crippen LogP contribution in [0.25, 0.3) is 66.1 Å². The van der Waals surface area contributed by atoms with Crippen LogP contribution in [0.15, 0.2) is 204 Å². The van der Waals surface area contributed by atoms with Gasteiger partial charge in [0.05, 0.1) is 22.1 Å². The van der Waals surface area contributed by atoms with Crippen LogP contribution in [0.3, 0.4) is 0 Å². The molecular formula is C50H36N6. The van der Waals surface area contributed by atoms with Gasteiger partial charge in [0.25, 0.3) is 0 Å². The summed E-state index contributed by atoms with van der Waals surface area (Å²) in [4.78, 5) is 10.1. The Morgan fingerprint density at radius 3 is 1.75 bits per heavy atom. The minimum Gasteiger partial charge on any atom is -0.387 e. The normalized spacial score (nSPS) is 15.4. The zero-order chi connectivity index (χ0) is 37.0. The molecule has 266 valence electrons. The number of hydrogen-bond acceptors (Lipinski definition) is 4. The molecule has 0 amide bonds. The van der Waals surface area contributed by atoms with Crippen LogP contribution in [0, 0.1) is 0 Å². The third-order valence-corrected chi connectivity index (χ3v) is 11.0. The summed E-state index contributed by atoms with van der Waals surface area (Å²) in [6.45, 7) is 0.797. The highest BCUT2D eigenvalue weighted by Crippen LogP contribution is 2.38. The largest absolute Gasteiger partial charge is 0.387 e. The highest BCUT2D eigenvalue weighted by Gasteiger charge is 2.23. The second-order valence-corrected chi connectivity index (χ2v) is 14.3. The number of nitrogens with one attached hydrogen (secondary N) is 2. The van der Waals surface area contributed by atoms with Crippen molar-refractivity contribution in [1.82, 2.24) is 19.8 Å². The molecule has 1 atom stereocenters. The molecule has 4 heterocycles. The number of aliphatic imine (C=N–C) groups is 2. The van der Waals surface area contributed by atoms with Crippen LogP contribution in [-0.4, -0.2) is 27.4 Å². The van der Waals surface area contributed by atoms with Gasteiger partial charge in [0, 0.05) is 56.8 Å². The van der Waals surface area contributed by atoms with Crippen molar-refractivity contribution in [3.8, 4) is 22.5 Å². The van der Waals surface area contributed by atoms with E-state index in [1.54, 1.807) is 0 Å². The number of fused-ring (bicyclic) bond motifs is 6. The Morgan fingerprint density at radius 1 is 0.500 bits per heavy atom. The molecule has 6 nitrogen and oxygen atoms in total. The first-order valence-electron chi connectivity index (χ1n) is 19.1. The Kier molecular flexibility index (Phi) is 7.52. The molecule has 0 radical (unpaired) electrons. The number of nitrogens with zero attached hydrogens (tertiary/aromatic N) is 4. The minimum atomic E-state index is -0.264. The third kappa shape index (κ3) is 5.34. The third-order valence-electron chi connectivity index (χ3n) is 11.0. The summed E-state index contributed by atoms with van der Waals surface area (Å²) in [6, 6.07) is 60.8. The molecule has 0 saturated carbocycles. The summed E-state index contributed by atoms with van der Waals surface area (Å²) >= 11 is 0. The summed E-state index contributed by atoms with van der Waals surface area (Å²) in [5, 5.41) is 11.9. The van der Waals surface area contributed by atoms with E-state index < -0.39 is 0 Å². The lowest BCUT2D eigenvalue weighted by atomic mass is 10.0. The molecule has 2 aliphatic heterocycles. The van der Waals surface area contributed by atoms with Gasteiger partial charge in [-0.2, -0.15) is 0 Å². The van der Waals surface area contributed by atoms with E-state index in [1.807, 2.05) is 12.3 Å². The lowest BCUT2D eigenvalue weighted by molar-refractivity contribution is 0.674. The minimum absolute atomic E-state index is 0.264. The number of aromatic nitrogens is 2. The summed E-state index contributed by atoms with van der Waals surface area (Å²) < 4.78 is 4.74. The van der Waals surface area contributed by atoms with Crippen molar-refractivity contribution < 1.29 is 0 Å². The van der Waals surface area contributed by atoms with Gasteiger partial charge >= 0.3 is 0 Å². The number of benzene rings is 7. The summed E-state index contributed by atoms with van der Waals surface area (Å²) in [5.41, 5.74) is 12.4. The SMILES string of the molecule is C1=CC(C2=NC(c3ccccc3)NC(c3cccc(-n4c5ccccc5c5cc(-c6ccc7c(c6)c6ccccc6n7-c6ccccc6)ccc54)c3)=N2)=CNC1. The van der Waals surface area contributed by atoms with E-state index in [4.69, 9.17) is 9.98 Å². The van der Waals surface area contributed by atoms with Crippen molar-refractivity contribution in [2.24, 2.45) is 9.98 Å². The predicted octanol–water partition coefficient (Wildman–Crippen LogP) is 11.0. The molecule has 0 aliphatic carbocycles. The zero-order valence-corrected chi connectivity index (χ0v) is 30.5. The Labute approximate surface area is 324 Å². The van der Waals surface area contributed by atoms with Crippen LogP contribution in [0.1, 0.15) is 17.3 Å². The van der Waals surface area contributed by atoms with Crippen molar-refractivity contribution in [3.63, 3.8) is 0 Å². The van der Waals surface area contributed by atoms with Gasteiger partial charge in [-0.25, -0.2) is 9.98 Å². The molecule has 2 aliphatic rings. The van der Waals surface area contributed by atoms with E-state index in [2.05, 4.69) is 196 Å². The van der Waals surface area contributed by atoms with Crippen molar-refractivity contribution in [2.75, 3.05) is 6.54 Å². The van der Waals surface area contributed by atoms with Crippen LogP contribution >= 0.6 is 0 Å². The highest BCUT2D eigenvalue weighted by molar-refractivity contribution is 6.15. The van der Waals surface area contributed by atoms with E-state index in [1.165, 1.54) is 43.7 Å². The molecule has 2 aromatic heterocycles. The highest BCUT2D eigenvalue weighted by atomic mass is 15.2. The lowest BCUT2D eigenvalue weighted by Crippen LogP contribution is -2.34. The van der Waals surface area contributed by atoms with Crippen LogP contribution in [-0.2, 0) is 0 Å². The molecule has 0 bridgehead atoms. The summed E-state index contributed by atoms with van der Waals surface area (Å²) in [7, 11) is 0. The fraction of sp³-hybridized carbons (Fsp3) is 0.0400. The van der Waals surface area contributed by atoms with Crippen molar-refractivity contribution in [2.45, 2.75) is 6.17 Å².